The summed E-state index contributed by atoms with van der Waals surface area (Å²) in [6, 6.07) is 3.57. The minimum atomic E-state index is -4.63. The maximum Gasteiger partial charge on any atom is 0.418 e. The van der Waals surface area contributed by atoms with Gasteiger partial charge in [0.1, 0.15) is 12.0 Å². The first-order valence-corrected chi connectivity index (χ1v) is 8.00. The van der Waals surface area contributed by atoms with Crippen LogP contribution in [0.5, 0.6) is 0 Å². The van der Waals surface area contributed by atoms with Crippen LogP contribution in [0.4, 0.5) is 29.3 Å². The SMILES string of the molecule is CCCc1nc2nc[nH]n2c(=O)c1NC(=O)Nc1ccccc1C(F)(F)F. The van der Waals surface area contributed by atoms with Gasteiger partial charge in [-0.2, -0.15) is 17.7 Å². The molecule has 0 fully saturated rings. The Morgan fingerprint density at radius 1 is 1.26 bits per heavy atom. The molecule has 0 unspecified atom stereocenters. The number of alkyl halides is 3. The van der Waals surface area contributed by atoms with Gasteiger partial charge in [0, 0.05) is 0 Å². The van der Waals surface area contributed by atoms with E-state index >= 15 is 0 Å². The summed E-state index contributed by atoms with van der Waals surface area (Å²) in [5.74, 6) is 0.136. The Labute approximate surface area is 150 Å². The van der Waals surface area contributed by atoms with Crippen molar-refractivity contribution in [3.8, 4) is 0 Å². The van der Waals surface area contributed by atoms with E-state index in [0.717, 1.165) is 16.6 Å². The molecular weight excluding hydrogens is 365 g/mol. The molecule has 0 atom stereocenters. The van der Waals surface area contributed by atoms with Gasteiger partial charge in [0.05, 0.1) is 16.9 Å². The molecule has 3 N–H and O–H groups in total. The molecule has 2 heterocycles. The van der Waals surface area contributed by atoms with Crippen LogP contribution < -0.4 is 16.2 Å². The van der Waals surface area contributed by atoms with Crippen molar-refractivity contribution in [2.45, 2.75) is 25.9 Å². The number of hydrogen-bond acceptors (Lipinski definition) is 4. The summed E-state index contributed by atoms with van der Waals surface area (Å²) in [6.45, 7) is 1.86. The normalized spacial score (nSPS) is 11.6. The number of aromatic nitrogens is 4. The number of nitrogens with one attached hydrogen (secondary N) is 3. The van der Waals surface area contributed by atoms with E-state index < -0.39 is 29.0 Å². The standard InChI is InChI=1S/C16H15F3N6O2/c1-2-5-11-12(13(26)25-14(22-11)20-8-21-25)24-15(27)23-10-7-4-3-6-9(10)16(17,18)19/h3-4,6-8H,2,5H2,1H3,(H,20,21,22)(H2,23,24,27). The predicted molar refractivity (Wildman–Crippen MR) is 91.7 cm³/mol. The Bertz CT molecular complexity index is 1040. The maximum absolute atomic E-state index is 13.0. The minimum absolute atomic E-state index is 0.124. The lowest BCUT2D eigenvalue weighted by Gasteiger charge is -2.14. The second kappa shape index (κ2) is 7.09. The maximum atomic E-state index is 13.0. The molecule has 0 saturated carbocycles. The fraction of sp³-hybridized carbons (Fsp3) is 0.250. The van der Waals surface area contributed by atoms with E-state index in [9.17, 15) is 22.8 Å². The largest absolute Gasteiger partial charge is 0.418 e. The molecule has 3 rings (SSSR count). The van der Waals surface area contributed by atoms with E-state index in [1.807, 2.05) is 6.92 Å². The Morgan fingerprint density at radius 3 is 2.70 bits per heavy atom. The van der Waals surface area contributed by atoms with Gasteiger partial charge in [0.15, 0.2) is 0 Å². The fourth-order valence-corrected chi connectivity index (χ4v) is 2.55. The van der Waals surface area contributed by atoms with Crippen molar-refractivity contribution in [1.29, 1.82) is 0 Å². The Kier molecular flexibility index (Phi) is 4.84. The van der Waals surface area contributed by atoms with E-state index in [4.69, 9.17) is 0 Å². The van der Waals surface area contributed by atoms with Crippen molar-refractivity contribution >= 4 is 23.2 Å². The molecule has 0 saturated heterocycles. The van der Waals surface area contributed by atoms with Gasteiger partial charge in [-0.05, 0) is 18.6 Å². The number of carbonyl (C=O) groups is 1. The molecule has 0 aliphatic rings. The number of fused-ring (bicyclic) bond motifs is 1. The van der Waals surface area contributed by atoms with Crippen LogP contribution >= 0.6 is 0 Å². The number of halogens is 3. The van der Waals surface area contributed by atoms with Crippen LogP contribution in [0.15, 0.2) is 35.4 Å². The summed E-state index contributed by atoms with van der Waals surface area (Å²) in [5, 5.41) is 7.00. The van der Waals surface area contributed by atoms with Crippen LogP contribution in [-0.2, 0) is 12.6 Å². The Morgan fingerprint density at radius 2 is 2.00 bits per heavy atom. The highest BCUT2D eigenvalue weighted by molar-refractivity contribution is 6.00. The molecule has 0 bridgehead atoms. The molecule has 8 nitrogen and oxygen atoms in total. The van der Waals surface area contributed by atoms with Crippen molar-refractivity contribution in [2.24, 2.45) is 0 Å². The summed E-state index contributed by atoms with van der Waals surface area (Å²) < 4.78 is 40.2. The van der Waals surface area contributed by atoms with Crippen LogP contribution in [0, 0.1) is 0 Å². The fourth-order valence-electron chi connectivity index (χ4n) is 2.55. The average Bonchev–Trinajstić information content (AvgIpc) is 3.07. The van der Waals surface area contributed by atoms with Crippen molar-refractivity contribution in [3.05, 3.63) is 52.2 Å². The molecule has 0 aliphatic heterocycles. The number of carbonyl (C=O) groups excluding carboxylic acids is 1. The molecule has 3 aromatic rings. The Balaban J connectivity index is 1.92. The Hall–Kier alpha value is -3.37. The minimum Gasteiger partial charge on any atom is -0.307 e. The number of anilines is 2. The van der Waals surface area contributed by atoms with Crippen molar-refractivity contribution in [2.75, 3.05) is 10.6 Å². The zero-order chi connectivity index (χ0) is 19.6. The lowest BCUT2D eigenvalue weighted by atomic mass is 10.1. The van der Waals surface area contributed by atoms with Gasteiger partial charge in [-0.25, -0.2) is 14.8 Å². The van der Waals surface area contributed by atoms with Crippen LogP contribution in [-0.4, -0.2) is 25.6 Å². The molecule has 0 radical (unpaired) electrons. The first kappa shape index (κ1) is 18.4. The van der Waals surface area contributed by atoms with Crippen molar-refractivity contribution < 1.29 is 18.0 Å². The highest BCUT2D eigenvalue weighted by Crippen LogP contribution is 2.34. The van der Waals surface area contributed by atoms with Crippen molar-refractivity contribution in [1.82, 2.24) is 19.6 Å². The topological polar surface area (TPSA) is 104 Å². The second-order valence-corrected chi connectivity index (χ2v) is 5.63. The zero-order valence-electron chi connectivity index (χ0n) is 14.1. The number of benzene rings is 1. The molecule has 11 heteroatoms. The van der Waals surface area contributed by atoms with E-state index in [-0.39, 0.29) is 11.5 Å². The van der Waals surface area contributed by atoms with Crippen LogP contribution in [0.2, 0.25) is 0 Å². The number of hydrogen-bond donors (Lipinski definition) is 3. The van der Waals surface area contributed by atoms with Gasteiger partial charge in [-0.15, -0.1) is 0 Å². The molecule has 0 spiro atoms. The van der Waals surface area contributed by atoms with Crippen LogP contribution in [0.1, 0.15) is 24.6 Å². The summed E-state index contributed by atoms with van der Waals surface area (Å²) in [4.78, 5) is 32.9. The highest BCUT2D eigenvalue weighted by atomic mass is 19.4. The molecule has 1 aromatic carbocycles. The van der Waals surface area contributed by atoms with Gasteiger partial charge >= 0.3 is 12.2 Å². The third-order valence-corrected chi connectivity index (χ3v) is 3.71. The van der Waals surface area contributed by atoms with Crippen LogP contribution in [0.3, 0.4) is 0 Å². The van der Waals surface area contributed by atoms with Crippen molar-refractivity contribution in [3.63, 3.8) is 0 Å². The first-order chi connectivity index (χ1) is 12.8. The summed E-state index contributed by atoms with van der Waals surface area (Å²) in [5.41, 5.74) is -1.85. The average molecular weight is 380 g/mol. The lowest BCUT2D eigenvalue weighted by Crippen LogP contribution is -2.29. The predicted octanol–water partition coefficient (Wildman–Crippen LogP) is 3.03. The quantitative estimate of drug-likeness (QED) is 0.647. The number of amides is 2. The van der Waals surface area contributed by atoms with Gasteiger partial charge in [0.25, 0.3) is 11.3 Å². The number of urea groups is 1. The third kappa shape index (κ3) is 3.76. The van der Waals surface area contributed by atoms with E-state index in [2.05, 4.69) is 25.7 Å². The highest BCUT2D eigenvalue weighted by Gasteiger charge is 2.33. The molecule has 27 heavy (non-hydrogen) atoms. The molecule has 2 amide bonds. The second-order valence-electron chi connectivity index (χ2n) is 5.63. The van der Waals surface area contributed by atoms with Gasteiger partial charge in [0.2, 0.25) is 0 Å². The molecule has 142 valence electrons. The molecule has 2 aromatic heterocycles. The van der Waals surface area contributed by atoms with E-state index in [1.54, 1.807) is 0 Å². The number of nitrogens with zero attached hydrogens (tertiary/aromatic N) is 3. The van der Waals surface area contributed by atoms with E-state index in [1.165, 1.54) is 18.5 Å². The smallest absolute Gasteiger partial charge is 0.307 e. The number of para-hydroxylation sites is 1. The zero-order valence-corrected chi connectivity index (χ0v) is 14.1. The number of rotatable bonds is 4. The van der Waals surface area contributed by atoms with E-state index in [0.29, 0.717) is 18.5 Å². The third-order valence-electron chi connectivity index (χ3n) is 3.71. The van der Waals surface area contributed by atoms with Gasteiger partial charge < -0.3 is 10.6 Å². The molecular formula is C16H15F3N6O2. The first-order valence-electron chi connectivity index (χ1n) is 8.00. The van der Waals surface area contributed by atoms with Gasteiger partial charge in [-0.3, -0.25) is 9.89 Å². The summed E-state index contributed by atoms with van der Waals surface area (Å²) in [7, 11) is 0. The number of H-pyrrole nitrogens is 1. The number of aryl methyl sites for hydroxylation is 1. The van der Waals surface area contributed by atoms with Crippen LogP contribution in [0.25, 0.3) is 5.78 Å². The lowest BCUT2D eigenvalue weighted by molar-refractivity contribution is -0.136. The number of aromatic amines is 1. The summed E-state index contributed by atoms with van der Waals surface area (Å²) >= 11 is 0. The summed E-state index contributed by atoms with van der Waals surface area (Å²) in [6.07, 6.45) is -2.34. The van der Waals surface area contributed by atoms with Gasteiger partial charge in [-0.1, -0.05) is 25.5 Å². The monoisotopic (exact) mass is 380 g/mol. The molecule has 0 aliphatic carbocycles.